The lowest BCUT2D eigenvalue weighted by atomic mass is 9.97. The lowest BCUT2D eigenvalue weighted by molar-refractivity contribution is 0.0986. The van der Waals surface area contributed by atoms with Gasteiger partial charge in [-0.05, 0) is 50.3 Å². The summed E-state index contributed by atoms with van der Waals surface area (Å²) >= 11 is 0. The molecule has 1 saturated heterocycles. The van der Waals surface area contributed by atoms with E-state index in [9.17, 15) is 8.42 Å². The SMILES string of the molecule is CCOc1ccc([C@H](NS(=O)(=O)[C@H]2CCCOC2)C(C)C)cc1OCC. The van der Waals surface area contributed by atoms with Gasteiger partial charge in [0.05, 0.1) is 25.1 Å². The maximum absolute atomic E-state index is 12.8. The molecule has 1 aromatic rings. The third kappa shape index (κ3) is 5.34. The van der Waals surface area contributed by atoms with Gasteiger partial charge in [-0.25, -0.2) is 13.1 Å². The maximum atomic E-state index is 12.8. The number of hydrogen-bond acceptors (Lipinski definition) is 5. The first-order valence-corrected chi connectivity index (χ1v) is 10.9. The molecule has 0 saturated carbocycles. The molecule has 0 bridgehead atoms. The molecule has 1 aliphatic rings. The first-order valence-electron chi connectivity index (χ1n) is 9.37. The molecule has 1 heterocycles. The smallest absolute Gasteiger partial charge is 0.217 e. The fraction of sp³-hybridized carbons (Fsp3) is 0.684. The number of benzene rings is 1. The van der Waals surface area contributed by atoms with Gasteiger partial charge in [-0.3, -0.25) is 0 Å². The largest absolute Gasteiger partial charge is 0.490 e. The van der Waals surface area contributed by atoms with Crippen molar-refractivity contribution in [3.8, 4) is 11.5 Å². The molecule has 1 fully saturated rings. The normalized spacial score (nSPS) is 19.3. The Bertz CT molecular complexity index is 669. The fourth-order valence-corrected chi connectivity index (χ4v) is 4.79. The summed E-state index contributed by atoms with van der Waals surface area (Å²) in [6, 6.07) is 5.28. The van der Waals surface area contributed by atoms with Crippen LogP contribution < -0.4 is 14.2 Å². The highest BCUT2D eigenvalue weighted by atomic mass is 32.2. The predicted molar refractivity (Wildman–Crippen MR) is 102 cm³/mol. The van der Waals surface area contributed by atoms with Gasteiger partial charge in [-0.15, -0.1) is 0 Å². The van der Waals surface area contributed by atoms with Crippen molar-refractivity contribution in [2.45, 2.75) is 51.8 Å². The zero-order valence-corrected chi connectivity index (χ0v) is 17.0. The minimum absolute atomic E-state index is 0.0849. The van der Waals surface area contributed by atoms with Crippen LogP contribution in [0.1, 0.15) is 52.1 Å². The summed E-state index contributed by atoms with van der Waals surface area (Å²) in [4.78, 5) is 0. The summed E-state index contributed by atoms with van der Waals surface area (Å²) in [5, 5.41) is -0.494. The van der Waals surface area contributed by atoms with Gasteiger partial charge in [-0.2, -0.15) is 0 Å². The number of ether oxygens (including phenoxy) is 3. The molecule has 0 spiro atoms. The van der Waals surface area contributed by atoms with Crippen LogP contribution in [-0.2, 0) is 14.8 Å². The second-order valence-electron chi connectivity index (χ2n) is 6.80. The lowest BCUT2D eigenvalue weighted by Gasteiger charge is -2.28. The summed E-state index contributed by atoms with van der Waals surface area (Å²) < 4.78 is 45.1. The van der Waals surface area contributed by atoms with Crippen LogP contribution in [-0.4, -0.2) is 40.1 Å². The quantitative estimate of drug-likeness (QED) is 0.706. The van der Waals surface area contributed by atoms with Crippen LogP contribution in [0.4, 0.5) is 0 Å². The molecule has 148 valence electrons. The zero-order chi connectivity index (χ0) is 19.2. The fourth-order valence-electron chi connectivity index (χ4n) is 3.08. The standard InChI is InChI=1S/C19H31NO5S/c1-5-24-17-10-9-15(12-18(17)25-6-2)19(14(3)4)20-26(21,22)16-8-7-11-23-13-16/h9-10,12,14,16,19-20H,5-8,11,13H2,1-4H3/t16-,19+/m0/s1. The Balaban J connectivity index is 2.27. The Hall–Kier alpha value is -1.31. The highest BCUT2D eigenvalue weighted by Crippen LogP contribution is 2.33. The Morgan fingerprint density at radius 2 is 1.88 bits per heavy atom. The number of hydrogen-bond donors (Lipinski definition) is 1. The molecular weight excluding hydrogens is 354 g/mol. The maximum Gasteiger partial charge on any atom is 0.217 e. The minimum atomic E-state index is -3.47. The number of sulfonamides is 1. The van der Waals surface area contributed by atoms with Gasteiger partial charge >= 0.3 is 0 Å². The van der Waals surface area contributed by atoms with Crippen molar-refractivity contribution in [3.63, 3.8) is 0 Å². The predicted octanol–water partition coefficient (Wildman–Crippen LogP) is 3.28. The van der Waals surface area contributed by atoms with Gasteiger partial charge in [0, 0.05) is 12.6 Å². The van der Waals surface area contributed by atoms with E-state index in [-0.39, 0.29) is 18.6 Å². The van der Waals surface area contributed by atoms with E-state index in [0.29, 0.717) is 37.7 Å². The topological polar surface area (TPSA) is 73.9 Å². The summed E-state index contributed by atoms with van der Waals surface area (Å²) in [7, 11) is -3.47. The van der Waals surface area contributed by atoms with E-state index < -0.39 is 15.3 Å². The summed E-state index contributed by atoms with van der Waals surface area (Å²) in [6.07, 6.45) is 1.41. The molecule has 0 aromatic heterocycles. The van der Waals surface area contributed by atoms with Crippen molar-refractivity contribution >= 4 is 10.0 Å². The van der Waals surface area contributed by atoms with Crippen LogP contribution in [0.3, 0.4) is 0 Å². The van der Waals surface area contributed by atoms with Crippen molar-refractivity contribution in [1.82, 2.24) is 4.72 Å². The molecule has 1 aromatic carbocycles. The van der Waals surface area contributed by atoms with E-state index in [1.54, 1.807) is 0 Å². The molecular formula is C19H31NO5S. The van der Waals surface area contributed by atoms with Crippen LogP contribution in [0.2, 0.25) is 0 Å². The molecule has 0 amide bonds. The Labute approximate surface area is 157 Å². The van der Waals surface area contributed by atoms with Crippen LogP contribution in [0.15, 0.2) is 18.2 Å². The highest BCUT2D eigenvalue weighted by molar-refractivity contribution is 7.90. The molecule has 0 unspecified atom stereocenters. The highest BCUT2D eigenvalue weighted by Gasteiger charge is 2.32. The molecule has 1 aliphatic heterocycles. The minimum Gasteiger partial charge on any atom is -0.490 e. The number of rotatable bonds is 9. The zero-order valence-electron chi connectivity index (χ0n) is 16.2. The van der Waals surface area contributed by atoms with E-state index in [4.69, 9.17) is 14.2 Å². The summed E-state index contributed by atoms with van der Waals surface area (Å²) in [6.45, 7) is 9.78. The van der Waals surface area contributed by atoms with E-state index in [1.165, 1.54) is 0 Å². The van der Waals surface area contributed by atoms with Gasteiger partial charge in [0.25, 0.3) is 0 Å². The molecule has 7 heteroatoms. The Morgan fingerprint density at radius 1 is 1.19 bits per heavy atom. The van der Waals surface area contributed by atoms with Gasteiger partial charge in [0.2, 0.25) is 10.0 Å². The number of nitrogens with one attached hydrogen (secondary N) is 1. The van der Waals surface area contributed by atoms with Crippen LogP contribution >= 0.6 is 0 Å². The van der Waals surface area contributed by atoms with E-state index in [0.717, 1.165) is 12.0 Å². The van der Waals surface area contributed by atoms with Crippen LogP contribution in [0.5, 0.6) is 11.5 Å². The van der Waals surface area contributed by atoms with Gasteiger partial charge in [0.15, 0.2) is 11.5 Å². The molecule has 26 heavy (non-hydrogen) atoms. The van der Waals surface area contributed by atoms with Gasteiger partial charge in [0.1, 0.15) is 0 Å². The van der Waals surface area contributed by atoms with Gasteiger partial charge in [-0.1, -0.05) is 19.9 Å². The Kier molecular flexibility index (Phi) is 7.73. The molecule has 2 rings (SSSR count). The van der Waals surface area contributed by atoms with E-state index >= 15 is 0 Å². The van der Waals surface area contributed by atoms with Crippen molar-refractivity contribution < 1.29 is 22.6 Å². The van der Waals surface area contributed by atoms with Crippen LogP contribution in [0.25, 0.3) is 0 Å². The van der Waals surface area contributed by atoms with E-state index in [2.05, 4.69) is 4.72 Å². The molecule has 2 atom stereocenters. The molecule has 0 radical (unpaired) electrons. The van der Waals surface area contributed by atoms with Crippen molar-refractivity contribution in [2.75, 3.05) is 26.4 Å². The van der Waals surface area contributed by atoms with Crippen LogP contribution in [0, 0.1) is 5.92 Å². The second kappa shape index (κ2) is 9.58. The molecule has 0 aliphatic carbocycles. The molecule has 1 N–H and O–H groups in total. The molecule has 6 nitrogen and oxygen atoms in total. The van der Waals surface area contributed by atoms with E-state index in [1.807, 2.05) is 45.9 Å². The van der Waals surface area contributed by atoms with Crippen molar-refractivity contribution in [1.29, 1.82) is 0 Å². The van der Waals surface area contributed by atoms with Gasteiger partial charge < -0.3 is 14.2 Å². The lowest BCUT2D eigenvalue weighted by Crippen LogP contribution is -2.42. The summed E-state index contributed by atoms with van der Waals surface area (Å²) in [5.74, 6) is 1.39. The third-order valence-corrected chi connectivity index (χ3v) is 6.27. The third-order valence-electron chi connectivity index (χ3n) is 4.44. The average molecular weight is 386 g/mol. The Morgan fingerprint density at radius 3 is 2.46 bits per heavy atom. The summed E-state index contributed by atoms with van der Waals surface area (Å²) in [5.41, 5.74) is 0.868. The second-order valence-corrected chi connectivity index (χ2v) is 8.79. The first kappa shape index (κ1) is 21.0. The average Bonchev–Trinajstić information content (AvgIpc) is 2.62. The monoisotopic (exact) mass is 385 g/mol. The van der Waals surface area contributed by atoms with Crippen molar-refractivity contribution in [2.24, 2.45) is 5.92 Å². The van der Waals surface area contributed by atoms with Crippen molar-refractivity contribution in [3.05, 3.63) is 23.8 Å². The first-order chi connectivity index (χ1) is 12.4.